The summed E-state index contributed by atoms with van der Waals surface area (Å²) >= 11 is 6.18. The van der Waals surface area contributed by atoms with E-state index in [1.807, 2.05) is 23.1 Å². The van der Waals surface area contributed by atoms with Crippen molar-refractivity contribution in [2.24, 2.45) is 5.92 Å². The zero-order chi connectivity index (χ0) is 20.2. The zero-order valence-corrected chi connectivity index (χ0v) is 16.6. The second-order valence-electron chi connectivity index (χ2n) is 7.31. The summed E-state index contributed by atoms with van der Waals surface area (Å²) in [5.41, 5.74) is 1.16. The molecule has 1 fully saturated rings. The maximum Gasteiger partial charge on any atom is 0.227 e. The average molecular weight is 414 g/mol. The number of hydrogen-bond donors (Lipinski definition) is 0. The number of rotatable bonds is 5. The summed E-state index contributed by atoms with van der Waals surface area (Å²) in [5, 5.41) is 4.52. The second kappa shape index (κ2) is 8.74. The zero-order valence-electron chi connectivity index (χ0n) is 15.9. The molecule has 7 heteroatoms. The summed E-state index contributed by atoms with van der Waals surface area (Å²) < 4.78 is 19.3. The molecule has 2 aromatic carbocycles. The molecule has 0 aliphatic carbocycles. The highest BCUT2D eigenvalue weighted by atomic mass is 35.5. The van der Waals surface area contributed by atoms with Gasteiger partial charge in [-0.2, -0.15) is 4.98 Å². The Hall–Kier alpha value is -2.73. The van der Waals surface area contributed by atoms with Gasteiger partial charge in [-0.15, -0.1) is 0 Å². The van der Waals surface area contributed by atoms with Crippen molar-refractivity contribution in [3.05, 3.63) is 70.8 Å². The van der Waals surface area contributed by atoms with Gasteiger partial charge in [-0.25, -0.2) is 4.39 Å². The fraction of sp³-hybridized carbons (Fsp3) is 0.318. The molecule has 0 spiro atoms. The van der Waals surface area contributed by atoms with Crippen LogP contribution in [-0.2, 0) is 17.6 Å². The van der Waals surface area contributed by atoms with E-state index in [0.29, 0.717) is 35.9 Å². The summed E-state index contributed by atoms with van der Waals surface area (Å²) in [4.78, 5) is 18.9. The van der Waals surface area contributed by atoms with Gasteiger partial charge >= 0.3 is 0 Å². The number of aromatic nitrogens is 2. The first-order valence-electron chi connectivity index (χ1n) is 9.69. The number of benzene rings is 2. The van der Waals surface area contributed by atoms with Crippen LogP contribution in [0, 0.1) is 11.7 Å². The van der Waals surface area contributed by atoms with Gasteiger partial charge < -0.3 is 9.42 Å². The summed E-state index contributed by atoms with van der Waals surface area (Å²) in [7, 11) is 0. The number of halogens is 2. The topological polar surface area (TPSA) is 59.2 Å². The van der Waals surface area contributed by atoms with Crippen LogP contribution < -0.4 is 0 Å². The van der Waals surface area contributed by atoms with Gasteiger partial charge in [0.25, 0.3) is 0 Å². The number of carbonyl (C=O) groups is 1. The number of carbonyl (C=O) groups excluding carboxylic acids is 1. The molecular weight excluding hydrogens is 393 g/mol. The number of hydrogen-bond acceptors (Lipinski definition) is 4. The molecule has 5 nitrogen and oxygen atoms in total. The third kappa shape index (κ3) is 4.65. The molecule has 0 radical (unpaired) electrons. The predicted octanol–water partition coefficient (Wildman–Crippen LogP) is 4.55. The van der Waals surface area contributed by atoms with E-state index in [2.05, 4.69) is 10.1 Å². The van der Waals surface area contributed by atoms with Crippen LogP contribution in [-0.4, -0.2) is 34.0 Å². The number of likely N-dealkylation sites (tertiary alicyclic amines) is 1. The largest absolute Gasteiger partial charge is 0.342 e. The number of amides is 1. The van der Waals surface area contributed by atoms with Gasteiger partial charge in [0.15, 0.2) is 0 Å². The van der Waals surface area contributed by atoms with Gasteiger partial charge in [0.2, 0.25) is 17.6 Å². The van der Waals surface area contributed by atoms with Crippen molar-refractivity contribution in [1.82, 2.24) is 15.0 Å². The van der Waals surface area contributed by atoms with E-state index in [0.717, 1.165) is 24.9 Å². The van der Waals surface area contributed by atoms with E-state index in [1.54, 1.807) is 24.3 Å². The molecule has 4 rings (SSSR count). The van der Waals surface area contributed by atoms with Crippen LogP contribution in [0.15, 0.2) is 53.1 Å². The second-order valence-corrected chi connectivity index (χ2v) is 7.72. The Balaban J connectivity index is 1.39. The molecule has 1 atom stereocenters. The highest BCUT2D eigenvalue weighted by Gasteiger charge is 2.26. The van der Waals surface area contributed by atoms with Crippen molar-refractivity contribution in [1.29, 1.82) is 0 Å². The van der Waals surface area contributed by atoms with Crippen LogP contribution in [0.4, 0.5) is 4.39 Å². The van der Waals surface area contributed by atoms with E-state index in [4.69, 9.17) is 16.1 Å². The molecule has 2 heterocycles. The van der Waals surface area contributed by atoms with Crippen molar-refractivity contribution in [2.45, 2.75) is 25.7 Å². The fourth-order valence-electron chi connectivity index (χ4n) is 3.71. The first-order valence-corrected chi connectivity index (χ1v) is 10.1. The lowest BCUT2D eigenvalue weighted by molar-refractivity contribution is -0.132. The van der Waals surface area contributed by atoms with E-state index in [-0.39, 0.29) is 23.5 Å². The van der Waals surface area contributed by atoms with Gasteiger partial charge in [0.1, 0.15) is 5.82 Å². The third-order valence-electron chi connectivity index (χ3n) is 5.22. The first-order chi connectivity index (χ1) is 14.1. The van der Waals surface area contributed by atoms with Crippen molar-refractivity contribution in [3.8, 4) is 11.4 Å². The van der Waals surface area contributed by atoms with Crippen LogP contribution in [0.1, 0.15) is 24.3 Å². The quantitative estimate of drug-likeness (QED) is 0.615. The highest BCUT2D eigenvalue weighted by Crippen LogP contribution is 2.24. The van der Waals surface area contributed by atoms with Crippen molar-refractivity contribution < 1.29 is 13.7 Å². The molecule has 1 aromatic heterocycles. The lowest BCUT2D eigenvalue weighted by Crippen LogP contribution is -2.41. The van der Waals surface area contributed by atoms with Gasteiger partial charge in [0.05, 0.1) is 12.0 Å². The Morgan fingerprint density at radius 1 is 1.21 bits per heavy atom. The van der Waals surface area contributed by atoms with Crippen molar-refractivity contribution in [2.75, 3.05) is 13.1 Å². The molecule has 0 N–H and O–H groups in total. The minimum absolute atomic E-state index is 0.0698. The van der Waals surface area contributed by atoms with Gasteiger partial charge in [0, 0.05) is 24.5 Å². The first kappa shape index (κ1) is 19.6. The van der Waals surface area contributed by atoms with E-state index in [9.17, 15) is 9.18 Å². The molecule has 3 aromatic rings. The molecule has 1 unspecified atom stereocenters. The summed E-state index contributed by atoms with van der Waals surface area (Å²) in [6, 6.07) is 13.8. The molecule has 150 valence electrons. The normalized spacial score (nSPS) is 16.8. The maximum atomic E-state index is 13.9. The summed E-state index contributed by atoms with van der Waals surface area (Å²) in [6.07, 6.45) is 2.77. The van der Waals surface area contributed by atoms with E-state index in [1.165, 1.54) is 6.07 Å². The lowest BCUT2D eigenvalue weighted by Gasteiger charge is -2.32. The molecule has 0 saturated carbocycles. The lowest BCUT2D eigenvalue weighted by atomic mass is 9.94. The van der Waals surface area contributed by atoms with Gasteiger partial charge in [-0.05, 0) is 42.5 Å². The smallest absolute Gasteiger partial charge is 0.227 e. The van der Waals surface area contributed by atoms with Crippen LogP contribution in [0.3, 0.4) is 0 Å². The van der Waals surface area contributed by atoms with E-state index >= 15 is 0 Å². The SMILES string of the molecule is O=C(Cc1ccccc1Cl)N1CCCC(Cc2nc(-c3ccccc3F)no2)C1. The van der Waals surface area contributed by atoms with Crippen LogP contribution in [0.25, 0.3) is 11.4 Å². The van der Waals surface area contributed by atoms with Crippen molar-refractivity contribution in [3.63, 3.8) is 0 Å². The summed E-state index contributed by atoms with van der Waals surface area (Å²) in [6.45, 7) is 1.38. The molecular formula is C22H21ClFN3O2. The number of nitrogens with zero attached hydrogens (tertiary/aromatic N) is 3. The minimum Gasteiger partial charge on any atom is -0.342 e. The molecule has 1 aliphatic heterocycles. The number of piperidine rings is 1. The Morgan fingerprint density at radius 3 is 2.83 bits per heavy atom. The van der Waals surface area contributed by atoms with Gasteiger partial charge in [-0.3, -0.25) is 4.79 Å². The summed E-state index contributed by atoms with van der Waals surface area (Å²) in [5.74, 6) is 0.635. The van der Waals surface area contributed by atoms with Crippen LogP contribution in [0.2, 0.25) is 5.02 Å². The van der Waals surface area contributed by atoms with Crippen molar-refractivity contribution >= 4 is 17.5 Å². The molecule has 0 bridgehead atoms. The molecule has 1 aliphatic rings. The Kier molecular flexibility index (Phi) is 5.90. The third-order valence-corrected chi connectivity index (χ3v) is 5.59. The molecule has 29 heavy (non-hydrogen) atoms. The standard InChI is InChI=1S/C22H21ClFN3O2/c23-18-9-3-1-7-16(18)13-21(28)27-11-5-6-15(14-27)12-20-25-22(26-29-20)17-8-2-4-10-19(17)24/h1-4,7-10,15H,5-6,11-14H2. The molecule has 1 saturated heterocycles. The minimum atomic E-state index is -0.381. The van der Waals surface area contributed by atoms with E-state index < -0.39 is 0 Å². The maximum absolute atomic E-state index is 13.9. The Morgan fingerprint density at radius 2 is 2.00 bits per heavy atom. The van der Waals surface area contributed by atoms with Gasteiger partial charge in [-0.1, -0.05) is 47.1 Å². The van der Waals surface area contributed by atoms with Crippen LogP contribution >= 0.6 is 11.6 Å². The molecule has 1 amide bonds. The fourth-order valence-corrected chi connectivity index (χ4v) is 3.91. The van der Waals surface area contributed by atoms with Crippen LogP contribution in [0.5, 0.6) is 0 Å². The Labute approximate surface area is 173 Å². The highest BCUT2D eigenvalue weighted by molar-refractivity contribution is 6.31. The monoisotopic (exact) mass is 413 g/mol. The Bertz CT molecular complexity index is 1010. The average Bonchev–Trinajstić information content (AvgIpc) is 3.18. The predicted molar refractivity (Wildman–Crippen MR) is 108 cm³/mol.